The largest absolute Gasteiger partial charge is 0.379 e. The van der Waals surface area contributed by atoms with Crippen molar-refractivity contribution in [3.8, 4) is 0 Å². The first-order chi connectivity index (χ1) is 13.4. The number of hydrogen-bond donors (Lipinski definition) is 1. The van der Waals surface area contributed by atoms with Gasteiger partial charge >= 0.3 is 0 Å². The maximum absolute atomic E-state index is 13.1. The molecule has 0 spiro atoms. The zero-order chi connectivity index (χ0) is 20.1. The molecule has 156 valence electrons. The molecule has 0 saturated carbocycles. The van der Waals surface area contributed by atoms with Crippen molar-refractivity contribution in [2.24, 2.45) is 0 Å². The van der Waals surface area contributed by atoms with Gasteiger partial charge in [0.15, 0.2) is 5.60 Å². The van der Waals surface area contributed by atoms with Gasteiger partial charge in [0.2, 0.25) is 0 Å². The van der Waals surface area contributed by atoms with Crippen LogP contribution in [-0.2, 0) is 11.3 Å². The Morgan fingerprint density at radius 1 is 1.04 bits per heavy atom. The van der Waals surface area contributed by atoms with Crippen LogP contribution in [0.25, 0.3) is 0 Å². The highest BCUT2D eigenvalue weighted by Crippen LogP contribution is 2.26. The second-order valence-corrected chi connectivity index (χ2v) is 8.88. The molecule has 1 N–H and O–H groups in total. The van der Waals surface area contributed by atoms with Crippen LogP contribution in [-0.4, -0.2) is 77.1 Å². The Morgan fingerprint density at radius 2 is 1.68 bits per heavy atom. The summed E-state index contributed by atoms with van der Waals surface area (Å²) in [6.07, 6.45) is 2.61. The van der Waals surface area contributed by atoms with Gasteiger partial charge in [-0.1, -0.05) is 45.0 Å². The first kappa shape index (κ1) is 21.3. The summed E-state index contributed by atoms with van der Waals surface area (Å²) in [7, 11) is 0. The number of piperidine rings is 1. The van der Waals surface area contributed by atoms with Gasteiger partial charge < -0.3 is 14.9 Å². The van der Waals surface area contributed by atoms with Crippen LogP contribution in [0, 0.1) is 0 Å². The van der Waals surface area contributed by atoms with Gasteiger partial charge in [0, 0.05) is 45.8 Å². The standard InChI is InChI=1S/C23H37N3O2/c1-4-11-24-13-15-25(16-14-24)18-23(28)10-5-12-26(22(23)27)17-20-6-8-21(9-7-20)19(2)3/h6-9,19,28H,4-5,10-18H2,1-3H3/t23-/m1/s1. The molecule has 3 rings (SSSR count). The number of carbonyl (C=O) groups excluding carboxylic acids is 1. The van der Waals surface area contributed by atoms with Crippen molar-refractivity contribution in [3.05, 3.63) is 35.4 Å². The van der Waals surface area contributed by atoms with Gasteiger partial charge in [-0.15, -0.1) is 0 Å². The number of rotatable bonds is 7. The Bertz CT molecular complexity index is 638. The summed E-state index contributed by atoms with van der Waals surface area (Å²) in [6, 6.07) is 8.53. The van der Waals surface area contributed by atoms with Crippen LogP contribution in [0.3, 0.4) is 0 Å². The highest BCUT2D eigenvalue weighted by atomic mass is 16.3. The lowest BCUT2D eigenvalue weighted by Crippen LogP contribution is -2.60. The minimum Gasteiger partial charge on any atom is -0.379 e. The number of carbonyl (C=O) groups is 1. The molecule has 0 aliphatic carbocycles. The van der Waals surface area contributed by atoms with Crippen LogP contribution in [0.5, 0.6) is 0 Å². The highest BCUT2D eigenvalue weighted by Gasteiger charge is 2.43. The number of piperazine rings is 1. The predicted octanol–water partition coefficient (Wildman–Crippen LogP) is 2.69. The fourth-order valence-corrected chi connectivity index (χ4v) is 4.45. The first-order valence-corrected chi connectivity index (χ1v) is 11.0. The summed E-state index contributed by atoms with van der Waals surface area (Å²) in [4.78, 5) is 19.7. The highest BCUT2D eigenvalue weighted by molar-refractivity contribution is 5.86. The van der Waals surface area contributed by atoms with Gasteiger partial charge in [0.05, 0.1) is 0 Å². The van der Waals surface area contributed by atoms with E-state index in [9.17, 15) is 9.90 Å². The van der Waals surface area contributed by atoms with Crippen molar-refractivity contribution in [1.82, 2.24) is 14.7 Å². The molecule has 2 saturated heterocycles. The van der Waals surface area contributed by atoms with Crippen LogP contribution in [0.15, 0.2) is 24.3 Å². The summed E-state index contributed by atoms with van der Waals surface area (Å²) in [5.74, 6) is 0.413. The smallest absolute Gasteiger partial charge is 0.256 e. The third-order valence-electron chi connectivity index (χ3n) is 6.21. The minimum absolute atomic E-state index is 0.0947. The Labute approximate surface area is 170 Å². The molecule has 2 aliphatic rings. The normalized spacial score (nSPS) is 24.9. The molecule has 0 aromatic heterocycles. The van der Waals surface area contributed by atoms with Crippen LogP contribution in [0.1, 0.15) is 57.1 Å². The Morgan fingerprint density at radius 3 is 2.29 bits per heavy atom. The average molecular weight is 388 g/mol. The van der Waals surface area contributed by atoms with E-state index in [0.29, 0.717) is 25.4 Å². The Hall–Kier alpha value is -1.43. The van der Waals surface area contributed by atoms with Crippen molar-refractivity contribution in [2.45, 2.75) is 58.1 Å². The molecule has 1 atom stereocenters. The summed E-state index contributed by atoms with van der Waals surface area (Å²) >= 11 is 0. The molecule has 0 bridgehead atoms. The van der Waals surface area contributed by atoms with E-state index in [-0.39, 0.29) is 5.91 Å². The van der Waals surface area contributed by atoms with E-state index in [1.54, 1.807) is 0 Å². The zero-order valence-corrected chi connectivity index (χ0v) is 17.9. The molecule has 1 aromatic carbocycles. The molecule has 0 unspecified atom stereocenters. The van der Waals surface area contributed by atoms with E-state index in [1.807, 2.05) is 4.90 Å². The summed E-state index contributed by atoms with van der Waals surface area (Å²) in [6.45, 7) is 13.4. The van der Waals surface area contributed by atoms with E-state index in [0.717, 1.165) is 51.3 Å². The third-order valence-corrected chi connectivity index (χ3v) is 6.21. The van der Waals surface area contributed by atoms with Crippen molar-refractivity contribution in [2.75, 3.05) is 45.8 Å². The van der Waals surface area contributed by atoms with Gasteiger partial charge in [0.25, 0.3) is 5.91 Å². The molecule has 5 heteroatoms. The van der Waals surface area contributed by atoms with E-state index in [4.69, 9.17) is 0 Å². The topological polar surface area (TPSA) is 47.0 Å². The van der Waals surface area contributed by atoms with E-state index < -0.39 is 5.60 Å². The Balaban J connectivity index is 1.58. The van der Waals surface area contributed by atoms with Gasteiger partial charge in [0.1, 0.15) is 0 Å². The van der Waals surface area contributed by atoms with E-state index in [1.165, 1.54) is 12.0 Å². The molecule has 1 aromatic rings. The fourth-order valence-electron chi connectivity index (χ4n) is 4.45. The molecule has 2 aliphatic heterocycles. The van der Waals surface area contributed by atoms with Crippen LogP contribution in [0.4, 0.5) is 0 Å². The monoisotopic (exact) mass is 387 g/mol. The third kappa shape index (κ3) is 5.13. The summed E-state index contributed by atoms with van der Waals surface area (Å²) in [5.41, 5.74) is 1.21. The number of aliphatic hydroxyl groups is 1. The SMILES string of the molecule is CCCN1CCN(C[C@]2(O)CCCN(Cc3ccc(C(C)C)cc3)C2=O)CC1. The lowest BCUT2D eigenvalue weighted by atomic mass is 9.90. The number of nitrogens with zero attached hydrogens (tertiary/aromatic N) is 3. The van der Waals surface area contributed by atoms with Gasteiger partial charge in [-0.25, -0.2) is 0 Å². The Kier molecular flexibility index (Phi) is 7.13. The van der Waals surface area contributed by atoms with Crippen molar-refractivity contribution in [1.29, 1.82) is 0 Å². The second-order valence-electron chi connectivity index (χ2n) is 8.88. The van der Waals surface area contributed by atoms with Crippen LogP contribution in [0.2, 0.25) is 0 Å². The lowest BCUT2D eigenvalue weighted by molar-refractivity contribution is -0.160. The zero-order valence-electron chi connectivity index (χ0n) is 17.9. The summed E-state index contributed by atoms with van der Waals surface area (Å²) in [5, 5.41) is 11.2. The van der Waals surface area contributed by atoms with Gasteiger partial charge in [-0.05, 0) is 42.9 Å². The van der Waals surface area contributed by atoms with Crippen molar-refractivity contribution >= 4 is 5.91 Å². The number of β-amino-alcohol motifs (C(OH)–C–C–N with tert-alkyl or cyclic N) is 1. The van der Waals surface area contributed by atoms with E-state index >= 15 is 0 Å². The van der Waals surface area contributed by atoms with Crippen LogP contribution < -0.4 is 0 Å². The minimum atomic E-state index is -1.23. The van der Waals surface area contributed by atoms with Crippen molar-refractivity contribution in [3.63, 3.8) is 0 Å². The maximum atomic E-state index is 13.1. The second kappa shape index (κ2) is 9.38. The van der Waals surface area contributed by atoms with Crippen molar-refractivity contribution < 1.29 is 9.90 Å². The number of hydrogen-bond acceptors (Lipinski definition) is 4. The molecule has 2 heterocycles. The maximum Gasteiger partial charge on any atom is 0.256 e. The molecule has 1 amide bonds. The van der Waals surface area contributed by atoms with Gasteiger partial charge in [-0.2, -0.15) is 0 Å². The quantitative estimate of drug-likeness (QED) is 0.781. The number of amides is 1. The average Bonchev–Trinajstić information content (AvgIpc) is 2.68. The first-order valence-electron chi connectivity index (χ1n) is 11.0. The summed E-state index contributed by atoms with van der Waals surface area (Å²) < 4.78 is 0. The molecular weight excluding hydrogens is 350 g/mol. The predicted molar refractivity (Wildman–Crippen MR) is 113 cm³/mol. The molecule has 5 nitrogen and oxygen atoms in total. The molecule has 28 heavy (non-hydrogen) atoms. The van der Waals surface area contributed by atoms with Gasteiger partial charge in [-0.3, -0.25) is 9.69 Å². The fraction of sp³-hybridized carbons (Fsp3) is 0.696. The van der Waals surface area contributed by atoms with Crippen LogP contribution >= 0.6 is 0 Å². The molecule has 2 fully saturated rings. The number of benzene rings is 1. The number of likely N-dealkylation sites (tertiary alicyclic amines) is 1. The molecular formula is C23H37N3O2. The lowest BCUT2D eigenvalue weighted by Gasteiger charge is -2.43. The molecule has 0 radical (unpaired) electrons. The van der Waals surface area contributed by atoms with E-state index in [2.05, 4.69) is 54.8 Å².